The number of nitro groups is 2. The Morgan fingerprint density at radius 1 is 1.29 bits per heavy atom. The molecule has 1 unspecified atom stereocenters. The number of hydrogen-bond donors (Lipinski definition) is 1. The molecule has 2 N–H and O–H groups in total. The Morgan fingerprint density at radius 3 is 2.29 bits per heavy atom. The zero-order chi connectivity index (χ0) is 13.2. The van der Waals surface area contributed by atoms with Crippen LogP contribution >= 0.6 is 0 Å². The Morgan fingerprint density at radius 2 is 1.88 bits per heavy atom. The Hall–Kier alpha value is -2.02. The summed E-state index contributed by atoms with van der Waals surface area (Å²) in [6.45, 7) is 3.62. The van der Waals surface area contributed by atoms with Gasteiger partial charge in [0.15, 0.2) is 0 Å². The van der Waals surface area contributed by atoms with E-state index in [-0.39, 0.29) is 23.8 Å². The third-order valence-corrected chi connectivity index (χ3v) is 2.70. The van der Waals surface area contributed by atoms with Crippen molar-refractivity contribution in [2.45, 2.75) is 19.8 Å². The van der Waals surface area contributed by atoms with Gasteiger partial charge in [-0.15, -0.1) is 0 Å². The molecule has 1 aromatic carbocycles. The van der Waals surface area contributed by atoms with Crippen molar-refractivity contribution in [3.8, 4) is 0 Å². The van der Waals surface area contributed by atoms with Crippen LogP contribution in [-0.4, -0.2) is 16.4 Å². The zero-order valence-corrected chi connectivity index (χ0v) is 9.54. The molecule has 0 heterocycles. The number of nitro benzene ring substituents is 2. The van der Waals surface area contributed by atoms with Crippen molar-refractivity contribution in [1.29, 1.82) is 0 Å². The smallest absolute Gasteiger partial charge is 0.279 e. The van der Waals surface area contributed by atoms with Crippen molar-refractivity contribution in [1.82, 2.24) is 0 Å². The highest BCUT2D eigenvalue weighted by Gasteiger charge is 2.23. The summed E-state index contributed by atoms with van der Waals surface area (Å²) in [5.41, 5.74) is 5.94. The third kappa shape index (κ3) is 2.56. The van der Waals surface area contributed by atoms with Crippen LogP contribution in [0, 0.1) is 27.2 Å². The van der Waals surface area contributed by atoms with E-state index in [2.05, 4.69) is 0 Å². The lowest BCUT2D eigenvalue weighted by atomic mass is 9.94. The van der Waals surface area contributed by atoms with Gasteiger partial charge in [0.25, 0.3) is 11.4 Å². The molecule has 0 spiro atoms. The summed E-state index contributed by atoms with van der Waals surface area (Å²) in [7, 11) is 0. The molecule has 0 aliphatic heterocycles. The number of nitrogens with zero attached hydrogens (tertiary/aromatic N) is 2. The second kappa shape index (κ2) is 4.88. The van der Waals surface area contributed by atoms with Crippen molar-refractivity contribution < 1.29 is 9.85 Å². The van der Waals surface area contributed by atoms with Crippen LogP contribution in [0.25, 0.3) is 0 Å². The lowest BCUT2D eigenvalue weighted by Crippen LogP contribution is -2.11. The van der Waals surface area contributed by atoms with Gasteiger partial charge < -0.3 is 5.73 Å². The molecule has 7 nitrogen and oxygen atoms in total. The zero-order valence-electron chi connectivity index (χ0n) is 9.54. The quantitative estimate of drug-likeness (QED) is 0.636. The van der Waals surface area contributed by atoms with Crippen molar-refractivity contribution in [3.05, 3.63) is 43.5 Å². The van der Waals surface area contributed by atoms with Crippen LogP contribution in [0.5, 0.6) is 0 Å². The Bertz CT molecular complexity index is 473. The summed E-state index contributed by atoms with van der Waals surface area (Å²) < 4.78 is 0. The minimum atomic E-state index is -0.640. The maximum absolute atomic E-state index is 10.8. The molecule has 1 rings (SSSR count). The summed E-state index contributed by atoms with van der Waals surface area (Å²) in [6.07, 6.45) is 0. The van der Waals surface area contributed by atoms with Crippen molar-refractivity contribution in [3.63, 3.8) is 0 Å². The Balaban J connectivity index is 3.48. The molecule has 7 heteroatoms. The van der Waals surface area contributed by atoms with Gasteiger partial charge in [0.1, 0.15) is 0 Å². The predicted molar refractivity (Wildman–Crippen MR) is 62.0 cm³/mol. The predicted octanol–water partition coefficient (Wildman–Crippen LogP) is 1.87. The molecule has 0 bridgehead atoms. The number of benzene rings is 1. The van der Waals surface area contributed by atoms with Gasteiger partial charge in [-0.05, 0) is 24.9 Å². The van der Waals surface area contributed by atoms with E-state index in [1.54, 1.807) is 13.8 Å². The van der Waals surface area contributed by atoms with Gasteiger partial charge >= 0.3 is 0 Å². The highest BCUT2D eigenvalue weighted by molar-refractivity contribution is 5.54. The van der Waals surface area contributed by atoms with E-state index in [4.69, 9.17) is 5.73 Å². The molecule has 0 radical (unpaired) electrons. The molecule has 0 fully saturated rings. The molecule has 1 aromatic rings. The first-order chi connectivity index (χ1) is 7.88. The van der Waals surface area contributed by atoms with Crippen LogP contribution in [0.1, 0.15) is 24.0 Å². The second-order valence-electron chi connectivity index (χ2n) is 3.83. The standard InChI is InChI=1S/C10H13N3O4/c1-6(5-11)9-3-8(12(14)15)4-10(7(9)2)13(16)17/h3-4,6H,5,11H2,1-2H3. The molecule has 0 amide bonds. The first kappa shape index (κ1) is 13.0. The largest absolute Gasteiger partial charge is 0.330 e. The van der Waals surface area contributed by atoms with Gasteiger partial charge in [0.2, 0.25) is 0 Å². The molecular weight excluding hydrogens is 226 g/mol. The number of non-ortho nitro benzene ring substituents is 1. The fraction of sp³-hybridized carbons (Fsp3) is 0.400. The Kier molecular flexibility index (Phi) is 3.74. The summed E-state index contributed by atoms with van der Waals surface area (Å²) in [5, 5.41) is 21.5. The molecule has 17 heavy (non-hydrogen) atoms. The van der Waals surface area contributed by atoms with Gasteiger partial charge in [0, 0.05) is 11.6 Å². The molecule has 92 valence electrons. The van der Waals surface area contributed by atoms with E-state index in [9.17, 15) is 20.2 Å². The molecule has 0 aliphatic rings. The normalized spacial score (nSPS) is 12.2. The fourth-order valence-electron chi connectivity index (χ4n) is 1.64. The minimum absolute atomic E-state index is 0.159. The van der Waals surface area contributed by atoms with Crippen molar-refractivity contribution in [2.24, 2.45) is 5.73 Å². The summed E-state index contributed by atoms with van der Waals surface area (Å²) in [4.78, 5) is 20.3. The molecule has 1 atom stereocenters. The summed E-state index contributed by atoms with van der Waals surface area (Å²) >= 11 is 0. The average Bonchev–Trinajstić information content (AvgIpc) is 2.27. The Labute approximate surface area is 97.5 Å². The topological polar surface area (TPSA) is 112 Å². The van der Waals surface area contributed by atoms with Crippen molar-refractivity contribution in [2.75, 3.05) is 6.54 Å². The lowest BCUT2D eigenvalue weighted by Gasteiger charge is -2.12. The van der Waals surface area contributed by atoms with Crippen LogP contribution < -0.4 is 5.73 Å². The van der Waals surface area contributed by atoms with Gasteiger partial charge in [0.05, 0.1) is 15.9 Å². The van der Waals surface area contributed by atoms with Crippen LogP contribution in [0.15, 0.2) is 12.1 Å². The van der Waals surface area contributed by atoms with E-state index >= 15 is 0 Å². The lowest BCUT2D eigenvalue weighted by molar-refractivity contribution is -0.394. The van der Waals surface area contributed by atoms with Crippen molar-refractivity contribution >= 4 is 11.4 Å². The van der Waals surface area contributed by atoms with Crippen LogP contribution in [-0.2, 0) is 0 Å². The van der Waals surface area contributed by atoms with E-state index < -0.39 is 9.85 Å². The van der Waals surface area contributed by atoms with Crippen LogP contribution in [0.2, 0.25) is 0 Å². The van der Waals surface area contributed by atoms with Gasteiger partial charge in [-0.3, -0.25) is 20.2 Å². The van der Waals surface area contributed by atoms with Crippen LogP contribution in [0.3, 0.4) is 0 Å². The molecule has 0 aromatic heterocycles. The molecule has 0 saturated heterocycles. The SMILES string of the molecule is Cc1c(C(C)CN)cc([N+](=O)[O-])cc1[N+](=O)[O-]. The highest BCUT2D eigenvalue weighted by atomic mass is 16.6. The van der Waals surface area contributed by atoms with E-state index in [1.165, 1.54) is 6.07 Å². The van der Waals surface area contributed by atoms with E-state index in [0.717, 1.165) is 6.07 Å². The number of hydrogen-bond acceptors (Lipinski definition) is 5. The van der Waals surface area contributed by atoms with Gasteiger partial charge in [-0.1, -0.05) is 6.92 Å². The van der Waals surface area contributed by atoms with Gasteiger partial charge in [-0.25, -0.2) is 0 Å². The fourth-order valence-corrected chi connectivity index (χ4v) is 1.64. The second-order valence-corrected chi connectivity index (χ2v) is 3.83. The third-order valence-electron chi connectivity index (χ3n) is 2.70. The molecule has 0 saturated carbocycles. The van der Waals surface area contributed by atoms with Crippen LogP contribution in [0.4, 0.5) is 11.4 Å². The first-order valence-electron chi connectivity index (χ1n) is 5.01. The van der Waals surface area contributed by atoms with E-state index in [0.29, 0.717) is 11.1 Å². The maximum Gasteiger partial charge on any atom is 0.279 e. The maximum atomic E-state index is 10.8. The van der Waals surface area contributed by atoms with E-state index in [1.807, 2.05) is 0 Å². The van der Waals surface area contributed by atoms with Gasteiger partial charge in [-0.2, -0.15) is 0 Å². The summed E-state index contributed by atoms with van der Waals surface area (Å²) in [6, 6.07) is 2.32. The molecule has 0 aliphatic carbocycles. The minimum Gasteiger partial charge on any atom is -0.330 e. The first-order valence-corrected chi connectivity index (χ1v) is 5.01. The number of nitrogens with two attached hydrogens (primary N) is 1. The summed E-state index contributed by atoms with van der Waals surface area (Å²) in [5.74, 6) is -0.159. The molecular formula is C10H13N3O4. The number of rotatable bonds is 4. The highest BCUT2D eigenvalue weighted by Crippen LogP contribution is 2.31. The monoisotopic (exact) mass is 239 g/mol. The average molecular weight is 239 g/mol.